The summed E-state index contributed by atoms with van der Waals surface area (Å²) >= 11 is 0. The molecule has 1 aromatic heterocycles. The van der Waals surface area contributed by atoms with Crippen molar-refractivity contribution in [2.75, 3.05) is 7.11 Å². The fraction of sp³-hybridized carbons (Fsp3) is 0.645. The lowest BCUT2D eigenvalue weighted by atomic mass is 10.0. The van der Waals surface area contributed by atoms with Crippen LogP contribution >= 0.6 is 0 Å². The van der Waals surface area contributed by atoms with Gasteiger partial charge in [0.1, 0.15) is 36.2 Å². The number of carboxylic acids is 1. The Morgan fingerprint density at radius 2 is 1.47 bits per heavy atom. The predicted octanol–water partition coefficient (Wildman–Crippen LogP) is 3.52. The van der Waals surface area contributed by atoms with E-state index < -0.39 is 70.5 Å². The van der Waals surface area contributed by atoms with Crippen LogP contribution in [0.1, 0.15) is 53.3 Å². The zero-order chi connectivity index (χ0) is 34.3. The third-order valence-electron chi connectivity index (χ3n) is 9.56. The summed E-state index contributed by atoms with van der Waals surface area (Å²) in [6.45, 7) is 20.5. The Morgan fingerprint density at radius 1 is 0.956 bits per heavy atom. The number of rotatable bonds is 11. The molecule has 0 unspecified atom stereocenters. The quantitative estimate of drug-likeness (QED) is 0.303. The molecule has 1 aromatic carbocycles. The molecule has 2 heterocycles. The molecule has 2 aromatic rings. The van der Waals surface area contributed by atoms with E-state index in [0.29, 0.717) is 11.3 Å². The van der Waals surface area contributed by atoms with Gasteiger partial charge in [0.05, 0.1) is 13.7 Å². The first-order valence-electron chi connectivity index (χ1n) is 15.1. The van der Waals surface area contributed by atoms with E-state index in [1.54, 1.807) is 31.4 Å². The number of aliphatic carboxylic acids is 1. The number of methoxy groups -OCH3 is 1. The summed E-state index contributed by atoms with van der Waals surface area (Å²) in [7, 11) is -3.65. The number of ether oxygens (including phenoxy) is 2. The number of aliphatic hydroxyl groups excluding tert-OH is 1. The third kappa shape index (κ3) is 7.87. The van der Waals surface area contributed by atoms with Gasteiger partial charge in [-0.1, -0.05) is 53.7 Å². The first-order valence-corrected chi connectivity index (χ1v) is 21.0. The maximum absolute atomic E-state index is 14.0. The van der Waals surface area contributed by atoms with Crippen LogP contribution in [0.3, 0.4) is 0 Å². The van der Waals surface area contributed by atoms with Gasteiger partial charge in [-0.3, -0.25) is 18.7 Å². The highest BCUT2D eigenvalue weighted by atomic mass is 28.4. The monoisotopic (exact) mass is 665 g/mol. The molecule has 252 valence electrons. The number of aliphatic hydroxyl groups is 1. The largest absolute Gasteiger partial charge is 0.497 e. The van der Waals surface area contributed by atoms with E-state index in [-0.39, 0.29) is 16.6 Å². The maximum Gasteiger partial charge on any atom is 0.333 e. The molecule has 1 aliphatic rings. The van der Waals surface area contributed by atoms with Gasteiger partial charge >= 0.3 is 11.7 Å². The zero-order valence-corrected chi connectivity index (χ0v) is 30.4. The van der Waals surface area contributed by atoms with Crippen molar-refractivity contribution in [3.8, 4) is 5.75 Å². The summed E-state index contributed by atoms with van der Waals surface area (Å²) in [6, 6.07) is 6.60. The first kappa shape index (κ1) is 36.9. The SMILES string of the molecule is COc1ccc(Cn2c(=O)ccn([C@@H]3O[C@H]([C@@H](O)[C@H](N)C(=O)O)[C@@H](O[Si](C)(C)C(C)(C)C)[C@H]3O[Si](C)(C)C(C)(C)C)c2=O)cc1. The van der Waals surface area contributed by atoms with E-state index in [4.69, 9.17) is 24.1 Å². The molecule has 45 heavy (non-hydrogen) atoms. The summed E-state index contributed by atoms with van der Waals surface area (Å²) in [6.07, 6.45) is -4.67. The van der Waals surface area contributed by atoms with Crippen molar-refractivity contribution in [1.82, 2.24) is 9.13 Å². The van der Waals surface area contributed by atoms with Crippen molar-refractivity contribution in [2.45, 2.75) is 121 Å². The number of hydrogen-bond acceptors (Lipinski definition) is 9. The molecule has 1 aliphatic heterocycles. The number of carbonyl (C=O) groups is 1. The molecule has 0 spiro atoms. The molecule has 0 saturated carbocycles. The lowest BCUT2D eigenvalue weighted by Gasteiger charge is -2.44. The van der Waals surface area contributed by atoms with E-state index in [2.05, 4.69) is 41.5 Å². The molecule has 12 nitrogen and oxygen atoms in total. The van der Waals surface area contributed by atoms with E-state index in [1.807, 2.05) is 26.2 Å². The second-order valence-corrected chi connectivity index (χ2v) is 24.3. The topological polar surface area (TPSA) is 164 Å². The van der Waals surface area contributed by atoms with Crippen molar-refractivity contribution in [3.05, 3.63) is 62.9 Å². The summed E-state index contributed by atoms with van der Waals surface area (Å²) in [4.78, 5) is 38.9. The van der Waals surface area contributed by atoms with Crippen molar-refractivity contribution in [2.24, 2.45) is 5.73 Å². The highest BCUT2D eigenvalue weighted by Crippen LogP contribution is 2.46. The number of hydrogen-bond donors (Lipinski definition) is 3. The fourth-order valence-electron chi connectivity index (χ4n) is 4.59. The van der Waals surface area contributed by atoms with Gasteiger partial charge in [-0.25, -0.2) is 4.79 Å². The van der Waals surface area contributed by atoms with Crippen molar-refractivity contribution in [1.29, 1.82) is 0 Å². The second kappa shape index (κ2) is 13.3. The molecule has 3 rings (SSSR count). The van der Waals surface area contributed by atoms with E-state index in [9.17, 15) is 24.6 Å². The minimum absolute atomic E-state index is 0.0111. The molecule has 1 saturated heterocycles. The Morgan fingerprint density at radius 3 is 1.93 bits per heavy atom. The minimum atomic E-state index is -2.60. The molecule has 4 N–H and O–H groups in total. The molecule has 6 atom stereocenters. The van der Waals surface area contributed by atoms with Crippen LogP contribution in [0.25, 0.3) is 0 Å². The van der Waals surface area contributed by atoms with Crippen molar-refractivity contribution >= 4 is 22.6 Å². The Hall–Kier alpha value is -2.60. The Kier molecular flexibility index (Phi) is 10.9. The van der Waals surface area contributed by atoms with Crippen LogP contribution in [0.5, 0.6) is 5.75 Å². The van der Waals surface area contributed by atoms with Crippen LogP contribution in [0.2, 0.25) is 36.3 Å². The van der Waals surface area contributed by atoms with E-state index in [1.165, 1.54) is 16.8 Å². The van der Waals surface area contributed by atoms with Crippen molar-refractivity contribution in [3.63, 3.8) is 0 Å². The molecule has 0 bridgehead atoms. The number of carboxylic acid groups (broad SMARTS) is 1. The predicted molar refractivity (Wildman–Crippen MR) is 177 cm³/mol. The van der Waals surface area contributed by atoms with Crippen molar-refractivity contribution < 1.29 is 33.3 Å². The highest BCUT2D eigenvalue weighted by Gasteiger charge is 2.57. The third-order valence-corrected chi connectivity index (χ3v) is 18.5. The normalized spacial score (nSPS) is 22.7. The lowest BCUT2D eigenvalue weighted by molar-refractivity contribution is -0.147. The zero-order valence-electron chi connectivity index (χ0n) is 28.4. The lowest BCUT2D eigenvalue weighted by Crippen LogP contribution is -2.58. The molecular weight excluding hydrogens is 615 g/mol. The van der Waals surface area contributed by atoms with Crippen LogP contribution in [-0.2, 0) is 24.9 Å². The average Bonchev–Trinajstić information content (AvgIpc) is 3.25. The summed E-state index contributed by atoms with van der Waals surface area (Å²) < 4.78 is 27.8. The van der Waals surface area contributed by atoms with Crippen LogP contribution in [-0.4, -0.2) is 79.5 Å². The van der Waals surface area contributed by atoms with Gasteiger partial charge in [0.2, 0.25) is 0 Å². The molecule has 0 aliphatic carbocycles. The molecule has 14 heteroatoms. The fourth-order valence-corrected chi connectivity index (χ4v) is 7.18. The summed E-state index contributed by atoms with van der Waals surface area (Å²) in [5.74, 6) is -0.772. The highest BCUT2D eigenvalue weighted by molar-refractivity contribution is 6.74. The maximum atomic E-state index is 14.0. The number of aromatic nitrogens is 2. The Bertz CT molecular complexity index is 1460. The van der Waals surface area contributed by atoms with Crippen LogP contribution in [0, 0.1) is 0 Å². The van der Waals surface area contributed by atoms with Gasteiger partial charge in [0, 0.05) is 12.3 Å². The van der Waals surface area contributed by atoms with Gasteiger partial charge in [0.15, 0.2) is 22.9 Å². The van der Waals surface area contributed by atoms with Crippen LogP contribution < -0.4 is 21.7 Å². The minimum Gasteiger partial charge on any atom is -0.497 e. The standard InChI is InChI=1S/C31H51N3O9Si2/c1-30(2,3)44(8,9)42-25-24(23(36)22(32)28(37)38)41-27(26(25)43-45(10,11)31(4,5)6)33-17-16-21(35)34(29(33)39)18-19-12-14-20(40-7)15-13-19/h12-17,22-27,36H,18,32H2,1-11H3,(H,37,38)/t22-,23-,24+,25+,26+,27+/m0/s1. The van der Waals surface area contributed by atoms with Gasteiger partial charge < -0.3 is 34.3 Å². The van der Waals surface area contributed by atoms with E-state index >= 15 is 0 Å². The Balaban J connectivity index is 2.22. The average molecular weight is 666 g/mol. The van der Waals surface area contributed by atoms with Gasteiger partial charge in [0.25, 0.3) is 5.56 Å². The van der Waals surface area contributed by atoms with Crippen LogP contribution in [0.4, 0.5) is 0 Å². The van der Waals surface area contributed by atoms with Crippen LogP contribution in [0.15, 0.2) is 46.1 Å². The van der Waals surface area contributed by atoms with Gasteiger partial charge in [-0.2, -0.15) is 0 Å². The molecule has 1 fully saturated rings. The molecule has 0 radical (unpaired) electrons. The van der Waals surface area contributed by atoms with E-state index in [0.717, 1.165) is 4.57 Å². The van der Waals surface area contributed by atoms with Gasteiger partial charge in [-0.15, -0.1) is 0 Å². The molecule has 0 amide bonds. The molecular formula is C31H51N3O9Si2. The first-order chi connectivity index (χ1) is 20.5. The second-order valence-electron chi connectivity index (χ2n) is 14.8. The Labute approximate surface area is 267 Å². The summed E-state index contributed by atoms with van der Waals surface area (Å²) in [5.41, 5.74) is 5.47. The van der Waals surface area contributed by atoms with Gasteiger partial charge in [-0.05, 0) is 54.0 Å². The number of benzene rings is 1. The number of nitrogens with zero attached hydrogens (tertiary/aromatic N) is 2. The smallest absolute Gasteiger partial charge is 0.333 e. The number of nitrogens with two attached hydrogens (primary N) is 1. The summed E-state index contributed by atoms with van der Waals surface area (Å²) in [5, 5.41) is 20.5.